The van der Waals surface area contributed by atoms with E-state index in [2.05, 4.69) is 5.32 Å². The van der Waals surface area contributed by atoms with Gasteiger partial charge in [0.05, 0.1) is 12.4 Å². The molecule has 0 amide bonds. The molecule has 0 saturated carbocycles. The molecule has 0 aromatic rings. The van der Waals surface area contributed by atoms with Crippen molar-refractivity contribution >= 4 is 10.1 Å². The minimum atomic E-state index is -3.33. The third kappa shape index (κ3) is 3.06. The highest BCUT2D eigenvalue weighted by Crippen LogP contribution is 2.04. The highest BCUT2D eigenvalue weighted by molar-refractivity contribution is 7.86. The fourth-order valence-corrected chi connectivity index (χ4v) is 2.08. The van der Waals surface area contributed by atoms with Gasteiger partial charge in [0.1, 0.15) is 0 Å². The molecular formula is C6H13NO4S. The Kier molecular flexibility index (Phi) is 3.45. The van der Waals surface area contributed by atoms with Crippen molar-refractivity contribution in [2.45, 2.75) is 12.6 Å². The van der Waals surface area contributed by atoms with Gasteiger partial charge in [-0.05, 0) is 13.0 Å². The Morgan fingerprint density at radius 2 is 2.42 bits per heavy atom. The summed E-state index contributed by atoms with van der Waals surface area (Å²) in [6.45, 7) is 0.895. The summed E-state index contributed by atoms with van der Waals surface area (Å²) in [4.78, 5) is 0. The Labute approximate surface area is 72.2 Å². The van der Waals surface area contributed by atoms with Crippen molar-refractivity contribution < 1.29 is 17.3 Å². The van der Waals surface area contributed by atoms with Crippen LogP contribution in [0.1, 0.15) is 6.42 Å². The highest BCUT2D eigenvalue weighted by Gasteiger charge is 2.22. The smallest absolute Gasteiger partial charge is 0.268 e. The molecule has 0 aromatic heterocycles. The summed E-state index contributed by atoms with van der Waals surface area (Å²) in [5.41, 5.74) is 0. The summed E-state index contributed by atoms with van der Waals surface area (Å²) in [6, 6.07) is 0. The van der Waals surface area contributed by atoms with Crippen LogP contribution in [0.2, 0.25) is 0 Å². The van der Waals surface area contributed by atoms with E-state index in [1.807, 2.05) is 0 Å². The van der Waals surface area contributed by atoms with Crippen LogP contribution in [0.25, 0.3) is 0 Å². The monoisotopic (exact) mass is 195 g/mol. The van der Waals surface area contributed by atoms with Crippen molar-refractivity contribution in [1.82, 2.24) is 5.32 Å². The molecule has 1 saturated heterocycles. The minimum Gasteiger partial charge on any atom is -0.381 e. The second-order valence-electron chi connectivity index (χ2n) is 2.61. The van der Waals surface area contributed by atoms with E-state index in [0.717, 1.165) is 0 Å². The molecule has 1 N–H and O–H groups in total. The number of ether oxygens (including phenoxy) is 1. The molecule has 1 aliphatic rings. The molecular weight excluding hydrogens is 182 g/mol. The molecule has 1 heterocycles. The van der Waals surface area contributed by atoms with Gasteiger partial charge < -0.3 is 4.74 Å². The molecule has 1 rings (SSSR count). The van der Waals surface area contributed by atoms with Gasteiger partial charge in [0.2, 0.25) is 0 Å². The van der Waals surface area contributed by atoms with Crippen LogP contribution in [0.3, 0.4) is 0 Å². The van der Waals surface area contributed by atoms with Crippen LogP contribution in [-0.4, -0.2) is 40.7 Å². The van der Waals surface area contributed by atoms with Crippen LogP contribution in [-0.2, 0) is 19.0 Å². The fourth-order valence-electron chi connectivity index (χ4n) is 1.01. The van der Waals surface area contributed by atoms with Crippen LogP contribution in [0.15, 0.2) is 0 Å². The standard InChI is InChI=1S/C6H13NO4S/c1-10-5-6-7-3-2-4-12(8,9)11-6/h6-7H,2-5H2,1H3. The number of rotatable bonds is 2. The lowest BCUT2D eigenvalue weighted by Gasteiger charge is -2.13. The molecule has 1 aliphatic heterocycles. The lowest BCUT2D eigenvalue weighted by atomic mass is 10.4. The zero-order chi connectivity index (χ0) is 9.03. The van der Waals surface area contributed by atoms with Crippen LogP contribution in [0, 0.1) is 0 Å². The maximum atomic E-state index is 11.0. The number of hydrogen-bond acceptors (Lipinski definition) is 5. The van der Waals surface area contributed by atoms with Gasteiger partial charge >= 0.3 is 0 Å². The SMILES string of the molecule is COCC1NCCCS(=O)(=O)O1. The van der Waals surface area contributed by atoms with Gasteiger partial charge in [0.15, 0.2) is 6.23 Å². The summed E-state index contributed by atoms with van der Waals surface area (Å²) in [7, 11) is -1.83. The molecule has 72 valence electrons. The summed E-state index contributed by atoms with van der Waals surface area (Å²) in [5.74, 6) is 0.0835. The van der Waals surface area contributed by atoms with Gasteiger partial charge in [-0.2, -0.15) is 8.42 Å². The Balaban J connectivity index is 2.54. The second kappa shape index (κ2) is 4.18. The van der Waals surface area contributed by atoms with Gasteiger partial charge in [-0.3, -0.25) is 5.32 Å². The topological polar surface area (TPSA) is 64.6 Å². The Bertz CT molecular complexity index is 226. The van der Waals surface area contributed by atoms with Crippen molar-refractivity contribution in [3.63, 3.8) is 0 Å². The molecule has 0 spiro atoms. The molecule has 0 aliphatic carbocycles. The number of methoxy groups -OCH3 is 1. The number of hydrogen-bond donors (Lipinski definition) is 1. The van der Waals surface area contributed by atoms with E-state index in [1.165, 1.54) is 7.11 Å². The highest BCUT2D eigenvalue weighted by atomic mass is 32.2. The van der Waals surface area contributed by atoms with E-state index in [1.54, 1.807) is 0 Å². The van der Waals surface area contributed by atoms with Crippen LogP contribution in [0.5, 0.6) is 0 Å². The maximum absolute atomic E-state index is 11.0. The van der Waals surface area contributed by atoms with Crippen LogP contribution >= 0.6 is 0 Å². The van der Waals surface area contributed by atoms with Gasteiger partial charge in [0.25, 0.3) is 10.1 Å². The third-order valence-corrected chi connectivity index (χ3v) is 2.84. The minimum absolute atomic E-state index is 0.0835. The maximum Gasteiger partial charge on any atom is 0.268 e. The van der Waals surface area contributed by atoms with Gasteiger partial charge in [-0.25, -0.2) is 4.18 Å². The van der Waals surface area contributed by atoms with Crippen molar-refractivity contribution in [1.29, 1.82) is 0 Å². The van der Waals surface area contributed by atoms with E-state index < -0.39 is 16.3 Å². The predicted octanol–water partition coefficient (Wildman–Crippen LogP) is -0.701. The first-order valence-electron chi connectivity index (χ1n) is 3.77. The average Bonchev–Trinajstić information content (AvgIpc) is 2.11. The molecule has 0 aromatic carbocycles. The first kappa shape index (κ1) is 9.91. The summed E-state index contributed by atoms with van der Waals surface area (Å²) < 4.78 is 31.6. The second-order valence-corrected chi connectivity index (χ2v) is 4.33. The zero-order valence-corrected chi connectivity index (χ0v) is 7.76. The molecule has 1 atom stereocenters. The predicted molar refractivity (Wildman–Crippen MR) is 43.2 cm³/mol. The van der Waals surface area contributed by atoms with Crippen molar-refractivity contribution in [3.05, 3.63) is 0 Å². The van der Waals surface area contributed by atoms with Crippen molar-refractivity contribution in [3.8, 4) is 0 Å². The molecule has 1 unspecified atom stereocenters. The quantitative estimate of drug-likeness (QED) is 0.590. The third-order valence-electron chi connectivity index (χ3n) is 1.52. The number of nitrogens with one attached hydrogen (secondary N) is 1. The van der Waals surface area contributed by atoms with E-state index in [4.69, 9.17) is 8.92 Å². The normalized spacial score (nSPS) is 29.6. The van der Waals surface area contributed by atoms with Crippen molar-refractivity contribution in [2.75, 3.05) is 26.0 Å². The summed E-state index contributed by atoms with van der Waals surface area (Å²) >= 11 is 0. The average molecular weight is 195 g/mol. The summed E-state index contributed by atoms with van der Waals surface area (Å²) in [5, 5.41) is 2.91. The van der Waals surface area contributed by atoms with Crippen LogP contribution < -0.4 is 5.32 Å². The lowest BCUT2D eigenvalue weighted by Crippen LogP contribution is -2.35. The van der Waals surface area contributed by atoms with Gasteiger partial charge in [0, 0.05) is 7.11 Å². The molecule has 5 nitrogen and oxygen atoms in total. The molecule has 12 heavy (non-hydrogen) atoms. The largest absolute Gasteiger partial charge is 0.381 e. The van der Waals surface area contributed by atoms with E-state index in [-0.39, 0.29) is 12.4 Å². The first-order valence-corrected chi connectivity index (χ1v) is 5.35. The van der Waals surface area contributed by atoms with Crippen LogP contribution in [0.4, 0.5) is 0 Å². The lowest BCUT2D eigenvalue weighted by molar-refractivity contribution is 0.0681. The summed E-state index contributed by atoms with van der Waals surface area (Å²) in [6.07, 6.45) is 0.0604. The van der Waals surface area contributed by atoms with E-state index in [9.17, 15) is 8.42 Å². The molecule has 6 heteroatoms. The molecule has 0 radical (unpaired) electrons. The van der Waals surface area contributed by atoms with Gasteiger partial charge in [-0.15, -0.1) is 0 Å². The molecule has 1 fully saturated rings. The zero-order valence-electron chi connectivity index (χ0n) is 6.95. The fraction of sp³-hybridized carbons (Fsp3) is 1.00. The first-order chi connectivity index (χ1) is 5.64. The van der Waals surface area contributed by atoms with Gasteiger partial charge in [-0.1, -0.05) is 0 Å². The van der Waals surface area contributed by atoms with Crippen molar-refractivity contribution in [2.24, 2.45) is 0 Å². The Morgan fingerprint density at radius 3 is 3.08 bits per heavy atom. The van der Waals surface area contributed by atoms with E-state index >= 15 is 0 Å². The molecule has 0 bridgehead atoms. The Hall–Kier alpha value is -0.170. The van der Waals surface area contributed by atoms with E-state index in [0.29, 0.717) is 13.0 Å². The Morgan fingerprint density at radius 1 is 1.67 bits per heavy atom.